The van der Waals surface area contributed by atoms with E-state index in [4.69, 9.17) is 9.47 Å². The average molecular weight is 343 g/mol. The van der Waals surface area contributed by atoms with E-state index in [1.807, 2.05) is 0 Å². The van der Waals surface area contributed by atoms with E-state index in [-0.39, 0.29) is 12.2 Å². The zero-order valence-corrected chi connectivity index (χ0v) is 13.6. The summed E-state index contributed by atoms with van der Waals surface area (Å²) in [5.74, 6) is 0.414. The Labute approximate surface area is 142 Å². The number of nitrogens with one attached hydrogen (secondary N) is 1. The van der Waals surface area contributed by atoms with Crippen LogP contribution in [-0.4, -0.2) is 25.9 Å². The molecule has 0 spiro atoms. The second-order valence-corrected chi connectivity index (χ2v) is 5.89. The molecule has 2 aromatic carbocycles. The fourth-order valence-corrected chi connectivity index (χ4v) is 2.84. The van der Waals surface area contributed by atoms with Crippen LogP contribution in [0.1, 0.15) is 0 Å². The molecule has 25 heavy (non-hydrogen) atoms. The average Bonchev–Trinajstić information content (AvgIpc) is 3.02. The van der Waals surface area contributed by atoms with Gasteiger partial charge in [-0.3, -0.25) is 0 Å². The zero-order valence-electron chi connectivity index (χ0n) is 13.6. The van der Waals surface area contributed by atoms with E-state index in [0.717, 1.165) is 6.07 Å². The summed E-state index contributed by atoms with van der Waals surface area (Å²) in [5, 5.41) is 3.82. The molecule has 0 radical (unpaired) electrons. The normalized spacial score (nSPS) is 12.5. The smallest absolute Gasteiger partial charge is 0.231 e. The van der Waals surface area contributed by atoms with Gasteiger partial charge in [-0.05, 0) is 18.2 Å². The molecule has 1 aliphatic heterocycles. The van der Waals surface area contributed by atoms with Crippen molar-refractivity contribution >= 4 is 28.0 Å². The van der Waals surface area contributed by atoms with Crippen molar-refractivity contribution in [1.82, 2.24) is 4.98 Å². The van der Waals surface area contributed by atoms with Crippen LogP contribution in [-0.2, 0) is 0 Å². The van der Waals surface area contributed by atoms with Crippen molar-refractivity contribution in [2.45, 2.75) is 0 Å². The molecule has 7 heteroatoms. The van der Waals surface area contributed by atoms with Crippen molar-refractivity contribution in [3.8, 4) is 11.5 Å². The van der Waals surface area contributed by atoms with Gasteiger partial charge < -0.3 is 19.7 Å². The van der Waals surface area contributed by atoms with Crippen LogP contribution in [0, 0.1) is 11.6 Å². The van der Waals surface area contributed by atoms with Gasteiger partial charge in [-0.15, -0.1) is 0 Å². The molecule has 0 bridgehead atoms. The molecule has 5 nitrogen and oxygen atoms in total. The van der Waals surface area contributed by atoms with Gasteiger partial charge in [0, 0.05) is 37.3 Å². The summed E-state index contributed by atoms with van der Waals surface area (Å²) in [6.45, 7) is 0.178. The topological polar surface area (TPSA) is 46.6 Å². The van der Waals surface area contributed by atoms with E-state index >= 15 is 0 Å². The number of aromatic nitrogens is 1. The van der Waals surface area contributed by atoms with E-state index < -0.39 is 11.6 Å². The lowest BCUT2D eigenvalue weighted by molar-refractivity contribution is 0.174. The Balaban J connectivity index is 1.83. The van der Waals surface area contributed by atoms with Gasteiger partial charge in [0.2, 0.25) is 6.79 Å². The minimum Gasteiger partial charge on any atom is -0.454 e. The molecule has 0 fully saturated rings. The number of ether oxygens (including phenoxy) is 2. The first-order valence-electron chi connectivity index (χ1n) is 7.64. The van der Waals surface area contributed by atoms with Gasteiger partial charge in [-0.2, -0.15) is 0 Å². The monoisotopic (exact) mass is 343 g/mol. The summed E-state index contributed by atoms with van der Waals surface area (Å²) in [6.07, 6.45) is 1.56. The van der Waals surface area contributed by atoms with Gasteiger partial charge in [-0.25, -0.2) is 13.8 Å². The third kappa shape index (κ3) is 2.67. The van der Waals surface area contributed by atoms with Crippen LogP contribution in [0.15, 0.2) is 36.5 Å². The highest BCUT2D eigenvalue weighted by atomic mass is 19.1. The SMILES string of the molecule is CN(C)c1ncc(Nc2ccc3c(c2)OCO3)c2cc(F)cc(F)c12. The Hall–Kier alpha value is -3.09. The van der Waals surface area contributed by atoms with Crippen molar-refractivity contribution in [2.24, 2.45) is 0 Å². The number of halogens is 2. The first-order valence-corrected chi connectivity index (χ1v) is 7.64. The maximum atomic E-state index is 14.4. The van der Waals surface area contributed by atoms with Gasteiger partial charge in [0.05, 0.1) is 17.3 Å². The van der Waals surface area contributed by atoms with Crippen LogP contribution in [0.25, 0.3) is 10.8 Å². The number of pyridine rings is 1. The molecule has 0 saturated heterocycles. The molecule has 3 aromatic rings. The van der Waals surface area contributed by atoms with E-state index in [1.54, 1.807) is 43.4 Å². The molecular formula is C18H15F2N3O2. The van der Waals surface area contributed by atoms with E-state index in [9.17, 15) is 8.78 Å². The van der Waals surface area contributed by atoms with Gasteiger partial charge in [0.1, 0.15) is 17.5 Å². The van der Waals surface area contributed by atoms with Crippen LogP contribution in [0.3, 0.4) is 0 Å². The molecule has 1 aromatic heterocycles. The lowest BCUT2D eigenvalue weighted by Gasteiger charge is -2.17. The second-order valence-electron chi connectivity index (χ2n) is 5.89. The molecule has 0 saturated carbocycles. The van der Waals surface area contributed by atoms with Crippen LogP contribution in [0.5, 0.6) is 11.5 Å². The van der Waals surface area contributed by atoms with E-state index in [1.165, 1.54) is 6.07 Å². The van der Waals surface area contributed by atoms with Gasteiger partial charge in [0.25, 0.3) is 0 Å². The standard InChI is InChI=1S/C18H15F2N3O2/c1-23(2)18-17-12(5-10(19)6-13(17)20)14(8-21-18)22-11-3-4-15-16(7-11)25-9-24-15/h3-8,22H,9H2,1-2H3. The van der Waals surface area contributed by atoms with Gasteiger partial charge >= 0.3 is 0 Å². The molecule has 0 amide bonds. The van der Waals surface area contributed by atoms with E-state index in [2.05, 4.69) is 10.3 Å². The molecule has 4 rings (SSSR count). The van der Waals surface area contributed by atoms with Crippen LogP contribution >= 0.6 is 0 Å². The number of fused-ring (bicyclic) bond motifs is 2. The van der Waals surface area contributed by atoms with Crippen LogP contribution in [0.4, 0.5) is 26.0 Å². The predicted octanol–water partition coefficient (Wildman–Crippen LogP) is 4.05. The lowest BCUT2D eigenvalue weighted by Crippen LogP contribution is -2.12. The molecular weight excluding hydrogens is 328 g/mol. The van der Waals surface area contributed by atoms with Crippen molar-refractivity contribution in [3.63, 3.8) is 0 Å². The number of hydrogen-bond acceptors (Lipinski definition) is 5. The molecule has 1 N–H and O–H groups in total. The number of rotatable bonds is 3. The summed E-state index contributed by atoms with van der Waals surface area (Å²) >= 11 is 0. The fourth-order valence-electron chi connectivity index (χ4n) is 2.84. The minimum atomic E-state index is -0.652. The Morgan fingerprint density at radius 3 is 2.68 bits per heavy atom. The number of nitrogens with zero attached hydrogens (tertiary/aromatic N) is 2. The summed E-state index contributed by atoms with van der Waals surface area (Å²) in [4.78, 5) is 6.00. The fraction of sp³-hybridized carbons (Fsp3) is 0.167. The maximum absolute atomic E-state index is 14.4. The Morgan fingerprint density at radius 1 is 1.08 bits per heavy atom. The molecule has 2 heterocycles. The largest absolute Gasteiger partial charge is 0.454 e. The molecule has 1 aliphatic rings. The second kappa shape index (κ2) is 5.77. The highest BCUT2D eigenvalue weighted by molar-refractivity contribution is 6.01. The minimum absolute atomic E-state index is 0.178. The highest BCUT2D eigenvalue weighted by Gasteiger charge is 2.17. The lowest BCUT2D eigenvalue weighted by atomic mass is 10.1. The summed E-state index contributed by atoms with van der Waals surface area (Å²) < 4.78 is 38.8. The van der Waals surface area contributed by atoms with Gasteiger partial charge in [0.15, 0.2) is 11.5 Å². The Morgan fingerprint density at radius 2 is 1.88 bits per heavy atom. The van der Waals surface area contributed by atoms with Crippen LogP contribution < -0.4 is 19.7 Å². The third-order valence-electron chi connectivity index (χ3n) is 3.96. The highest BCUT2D eigenvalue weighted by Crippen LogP contribution is 2.37. The quantitative estimate of drug-likeness (QED) is 0.777. The van der Waals surface area contributed by atoms with Crippen LogP contribution in [0.2, 0.25) is 0 Å². The summed E-state index contributed by atoms with van der Waals surface area (Å²) in [6, 6.07) is 7.50. The van der Waals surface area contributed by atoms with Crippen molar-refractivity contribution in [1.29, 1.82) is 0 Å². The molecule has 0 atom stereocenters. The third-order valence-corrected chi connectivity index (χ3v) is 3.96. The molecule has 0 unspecified atom stereocenters. The van der Waals surface area contributed by atoms with Gasteiger partial charge in [-0.1, -0.05) is 0 Å². The first kappa shape index (κ1) is 15.4. The molecule has 0 aliphatic carbocycles. The maximum Gasteiger partial charge on any atom is 0.231 e. The summed E-state index contributed by atoms with van der Waals surface area (Å²) in [5.41, 5.74) is 1.20. The number of hydrogen-bond donors (Lipinski definition) is 1. The summed E-state index contributed by atoms with van der Waals surface area (Å²) in [7, 11) is 3.52. The number of benzene rings is 2. The zero-order chi connectivity index (χ0) is 17.6. The first-order chi connectivity index (χ1) is 12.0. The molecule has 128 valence electrons. The predicted molar refractivity (Wildman–Crippen MR) is 91.8 cm³/mol. The Kier molecular flexibility index (Phi) is 3.56. The van der Waals surface area contributed by atoms with Crippen molar-refractivity contribution in [2.75, 3.05) is 31.1 Å². The Bertz CT molecular complexity index is 976. The van der Waals surface area contributed by atoms with E-state index in [0.29, 0.717) is 34.1 Å². The van der Waals surface area contributed by atoms with Crippen molar-refractivity contribution in [3.05, 3.63) is 48.2 Å². The van der Waals surface area contributed by atoms with Crippen molar-refractivity contribution < 1.29 is 18.3 Å². The number of anilines is 3.